The molecule has 2 unspecified atom stereocenters. The summed E-state index contributed by atoms with van der Waals surface area (Å²) in [6.07, 6.45) is -5.07. The first-order chi connectivity index (χ1) is 13.2. The fourth-order valence-corrected chi connectivity index (χ4v) is 4.38. The number of aryl methyl sites for hydroxylation is 1. The highest BCUT2D eigenvalue weighted by atomic mass is 19.4. The Morgan fingerprint density at radius 1 is 0.964 bits per heavy atom. The van der Waals surface area contributed by atoms with E-state index in [0.29, 0.717) is 10.2 Å². The maximum atomic E-state index is 14.9. The third-order valence-corrected chi connectivity index (χ3v) is 6.29. The minimum absolute atomic E-state index is 0.210. The predicted octanol–water partition coefficient (Wildman–Crippen LogP) is 4.98. The van der Waals surface area contributed by atoms with Crippen molar-refractivity contribution in [2.75, 3.05) is 25.0 Å². The number of hydrogen-bond donors (Lipinski definition) is 2. The van der Waals surface area contributed by atoms with Gasteiger partial charge in [0.1, 0.15) is 0 Å². The molecule has 0 saturated carbocycles. The summed E-state index contributed by atoms with van der Waals surface area (Å²) in [5, 5.41) is 6.41. The zero-order valence-electron chi connectivity index (χ0n) is 16.9. The van der Waals surface area contributed by atoms with E-state index in [1.807, 2.05) is 33.8 Å². The molecule has 2 atom stereocenters. The minimum Gasteiger partial charge on any atom is -0.323 e. The first-order valence-corrected chi connectivity index (χ1v) is 9.87. The number of alkyl halides is 3. The third-order valence-electron chi connectivity index (χ3n) is 6.29. The molecule has 3 nitrogen and oxygen atoms in total. The lowest BCUT2D eigenvalue weighted by Crippen LogP contribution is -2.73. The lowest BCUT2D eigenvalue weighted by atomic mass is 9.79. The number of benzene rings is 2. The molecule has 1 aliphatic heterocycles. The van der Waals surface area contributed by atoms with Crippen molar-refractivity contribution in [2.24, 2.45) is 0 Å². The summed E-state index contributed by atoms with van der Waals surface area (Å²) in [4.78, 5) is 0. The highest BCUT2D eigenvalue weighted by molar-refractivity contribution is 5.62. The Balaban J connectivity index is 2.32. The van der Waals surface area contributed by atoms with Gasteiger partial charge in [0.15, 0.2) is 5.54 Å². The van der Waals surface area contributed by atoms with Crippen LogP contribution in [0.3, 0.4) is 0 Å². The van der Waals surface area contributed by atoms with E-state index in [0.717, 1.165) is 25.2 Å². The molecule has 0 aliphatic carbocycles. The average Bonchev–Trinajstić information content (AvgIpc) is 2.69. The topological polar surface area (TPSA) is 24.1 Å². The van der Waals surface area contributed by atoms with Gasteiger partial charge in [-0.05, 0) is 39.3 Å². The fourth-order valence-electron chi connectivity index (χ4n) is 4.38. The molecule has 2 aromatic rings. The van der Waals surface area contributed by atoms with Crippen LogP contribution in [0, 0.1) is 6.92 Å². The van der Waals surface area contributed by atoms with Crippen LogP contribution in [0.5, 0.6) is 0 Å². The highest BCUT2D eigenvalue weighted by Gasteiger charge is 2.62. The van der Waals surface area contributed by atoms with E-state index in [1.165, 1.54) is 0 Å². The SMILES string of the molecule is CC[N+](CC)(CC)C1Nc2ccc(C)cc2C(c2ccccc2)(C(F)(F)F)N1. The molecule has 2 aromatic carbocycles. The van der Waals surface area contributed by atoms with Crippen LogP contribution < -0.4 is 10.6 Å². The molecule has 2 N–H and O–H groups in total. The van der Waals surface area contributed by atoms with Gasteiger partial charge in [-0.1, -0.05) is 48.0 Å². The zero-order valence-corrected chi connectivity index (χ0v) is 16.9. The van der Waals surface area contributed by atoms with E-state index in [-0.39, 0.29) is 11.1 Å². The summed E-state index contributed by atoms with van der Waals surface area (Å²) in [6, 6.07) is 13.5. The molecule has 3 rings (SSSR count). The van der Waals surface area contributed by atoms with Crippen molar-refractivity contribution in [2.45, 2.75) is 45.7 Å². The second kappa shape index (κ2) is 7.41. The molecule has 28 heavy (non-hydrogen) atoms. The molecule has 0 amide bonds. The molecular weight excluding hydrogens is 363 g/mol. The molecule has 1 heterocycles. The van der Waals surface area contributed by atoms with Crippen LogP contribution >= 0.6 is 0 Å². The second-order valence-electron chi connectivity index (χ2n) is 7.52. The van der Waals surface area contributed by atoms with E-state index >= 15 is 0 Å². The van der Waals surface area contributed by atoms with Crippen LogP contribution in [0.25, 0.3) is 0 Å². The number of quaternary nitrogens is 1. The number of nitrogens with zero attached hydrogens (tertiary/aromatic N) is 1. The van der Waals surface area contributed by atoms with Gasteiger partial charge in [-0.2, -0.15) is 13.2 Å². The van der Waals surface area contributed by atoms with Gasteiger partial charge >= 0.3 is 6.18 Å². The number of fused-ring (bicyclic) bond motifs is 1. The van der Waals surface area contributed by atoms with Gasteiger partial charge in [-0.3, -0.25) is 4.48 Å². The standard InChI is InChI=1S/C22H29F3N3/c1-5-28(6-2,7-3)20-26-19-14-13-16(4)15-18(19)21(27-20,22(23,24)25)17-11-9-8-10-12-17/h8-15,20,26-27H,5-7H2,1-4H3/q+1. The Kier molecular flexibility index (Phi) is 5.47. The maximum absolute atomic E-state index is 14.9. The quantitative estimate of drug-likeness (QED) is 0.702. The van der Waals surface area contributed by atoms with Crippen molar-refractivity contribution in [1.82, 2.24) is 5.32 Å². The Bertz CT molecular complexity index is 807. The first kappa shape index (κ1) is 20.7. The number of rotatable bonds is 5. The van der Waals surface area contributed by atoms with E-state index in [4.69, 9.17) is 0 Å². The van der Waals surface area contributed by atoms with Crippen LogP contribution in [0.1, 0.15) is 37.5 Å². The number of hydrogen-bond acceptors (Lipinski definition) is 2. The Hall–Kier alpha value is -2.05. The van der Waals surface area contributed by atoms with Crippen molar-refractivity contribution in [3.05, 3.63) is 65.2 Å². The molecule has 152 valence electrons. The first-order valence-electron chi connectivity index (χ1n) is 9.87. The van der Waals surface area contributed by atoms with Crippen LogP contribution in [-0.2, 0) is 5.54 Å². The van der Waals surface area contributed by atoms with Crippen molar-refractivity contribution in [3.63, 3.8) is 0 Å². The smallest absolute Gasteiger partial charge is 0.323 e. The summed E-state index contributed by atoms with van der Waals surface area (Å²) in [5.74, 6) is 0. The summed E-state index contributed by atoms with van der Waals surface area (Å²) in [6.45, 7) is 10.1. The molecule has 0 fully saturated rings. The molecule has 1 aliphatic rings. The average molecular weight is 392 g/mol. The third kappa shape index (κ3) is 3.08. The van der Waals surface area contributed by atoms with Gasteiger partial charge in [-0.25, -0.2) is 5.32 Å². The van der Waals surface area contributed by atoms with Gasteiger partial charge in [0.25, 0.3) is 0 Å². The molecular formula is C22H29F3N3+. The molecule has 0 spiro atoms. The Labute approximate surface area is 165 Å². The fraction of sp³-hybridized carbons (Fsp3) is 0.455. The van der Waals surface area contributed by atoms with E-state index in [2.05, 4.69) is 10.6 Å². The summed E-state index contributed by atoms with van der Waals surface area (Å²) in [7, 11) is 0. The van der Waals surface area contributed by atoms with Crippen LogP contribution in [0.4, 0.5) is 18.9 Å². The molecule has 0 bridgehead atoms. The van der Waals surface area contributed by atoms with E-state index in [1.54, 1.807) is 42.5 Å². The summed E-state index contributed by atoms with van der Waals surface area (Å²) >= 11 is 0. The van der Waals surface area contributed by atoms with Crippen molar-refractivity contribution < 1.29 is 17.7 Å². The molecule has 0 saturated heterocycles. The van der Waals surface area contributed by atoms with Gasteiger partial charge < -0.3 is 5.32 Å². The highest BCUT2D eigenvalue weighted by Crippen LogP contribution is 2.49. The number of halogens is 3. The second-order valence-corrected chi connectivity index (χ2v) is 7.52. The summed E-state index contributed by atoms with van der Waals surface area (Å²) in [5.41, 5.74) is -0.499. The Morgan fingerprint density at radius 2 is 1.57 bits per heavy atom. The van der Waals surface area contributed by atoms with Gasteiger partial charge in [0, 0.05) is 11.3 Å². The number of nitrogens with one attached hydrogen (secondary N) is 2. The Morgan fingerprint density at radius 3 is 2.11 bits per heavy atom. The maximum Gasteiger partial charge on any atom is 0.415 e. The van der Waals surface area contributed by atoms with E-state index in [9.17, 15) is 13.2 Å². The van der Waals surface area contributed by atoms with Gasteiger partial charge in [0.05, 0.1) is 19.6 Å². The van der Waals surface area contributed by atoms with Gasteiger partial charge in [0.2, 0.25) is 6.29 Å². The largest absolute Gasteiger partial charge is 0.415 e. The van der Waals surface area contributed by atoms with Crippen molar-refractivity contribution in [1.29, 1.82) is 0 Å². The number of anilines is 1. The zero-order chi connectivity index (χ0) is 20.6. The van der Waals surface area contributed by atoms with E-state index < -0.39 is 18.0 Å². The normalized spacial score (nSPS) is 22.5. The molecule has 0 radical (unpaired) electrons. The monoisotopic (exact) mass is 392 g/mol. The van der Waals surface area contributed by atoms with Crippen LogP contribution in [-0.4, -0.2) is 36.6 Å². The molecule has 6 heteroatoms. The minimum atomic E-state index is -4.51. The van der Waals surface area contributed by atoms with Gasteiger partial charge in [-0.15, -0.1) is 0 Å². The van der Waals surface area contributed by atoms with Crippen LogP contribution in [0.2, 0.25) is 0 Å². The van der Waals surface area contributed by atoms with Crippen molar-refractivity contribution in [3.8, 4) is 0 Å². The lowest BCUT2D eigenvalue weighted by molar-refractivity contribution is -0.947. The summed E-state index contributed by atoms with van der Waals surface area (Å²) < 4.78 is 45.1. The van der Waals surface area contributed by atoms with Crippen molar-refractivity contribution >= 4 is 5.69 Å². The predicted molar refractivity (Wildman–Crippen MR) is 107 cm³/mol. The van der Waals surface area contributed by atoms with Crippen LogP contribution in [0.15, 0.2) is 48.5 Å². The lowest BCUT2D eigenvalue weighted by Gasteiger charge is -2.52. The molecule has 0 aromatic heterocycles.